The molecule has 1 aliphatic carbocycles. The van der Waals surface area contributed by atoms with Gasteiger partial charge in [-0.3, -0.25) is 14.4 Å². The minimum absolute atomic E-state index is 0.0874. The highest BCUT2D eigenvalue weighted by Gasteiger charge is 2.25. The summed E-state index contributed by atoms with van der Waals surface area (Å²) >= 11 is 0. The maximum atomic E-state index is 12.9. The Kier molecular flexibility index (Phi) is 7.06. The van der Waals surface area contributed by atoms with Crippen LogP contribution in [-0.4, -0.2) is 53.8 Å². The van der Waals surface area contributed by atoms with Gasteiger partial charge in [-0.2, -0.15) is 0 Å². The van der Waals surface area contributed by atoms with Crippen LogP contribution in [0, 0.1) is 5.92 Å². The molecule has 1 aliphatic heterocycles. The summed E-state index contributed by atoms with van der Waals surface area (Å²) in [5, 5.41) is 0. The monoisotopic (exact) mass is 386 g/mol. The van der Waals surface area contributed by atoms with Gasteiger partial charge in [0.05, 0.1) is 0 Å². The van der Waals surface area contributed by atoms with E-state index in [4.69, 9.17) is 4.74 Å². The highest BCUT2D eigenvalue weighted by molar-refractivity contribution is 5.94. The quantitative estimate of drug-likeness (QED) is 0.588. The number of esters is 1. The van der Waals surface area contributed by atoms with E-state index in [0.29, 0.717) is 49.8 Å². The Balaban J connectivity index is 1.56. The second-order valence-corrected chi connectivity index (χ2v) is 7.86. The van der Waals surface area contributed by atoms with E-state index in [1.165, 1.54) is 39.0 Å². The molecule has 0 unspecified atom stereocenters. The Morgan fingerprint density at radius 1 is 0.964 bits per heavy atom. The first-order chi connectivity index (χ1) is 13.5. The zero-order valence-corrected chi connectivity index (χ0v) is 16.7. The summed E-state index contributed by atoms with van der Waals surface area (Å²) in [4.78, 5) is 40.4. The summed E-state index contributed by atoms with van der Waals surface area (Å²) in [6.45, 7) is 3.79. The number of nitrogens with zero attached hydrogens (tertiary/aromatic N) is 2. The highest BCUT2D eigenvalue weighted by atomic mass is 16.5. The van der Waals surface area contributed by atoms with Crippen molar-refractivity contribution in [1.82, 2.24) is 9.80 Å². The lowest BCUT2D eigenvalue weighted by Gasteiger charge is -2.26. The molecular weight excluding hydrogens is 356 g/mol. The van der Waals surface area contributed by atoms with Gasteiger partial charge in [0.2, 0.25) is 5.91 Å². The van der Waals surface area contributed by atoms with E-state index in [1.54, 1.807) is 29.2 Å². The van der Waals surface area contributed by atoms with Crippen molar-refractivity contribution in [3.63, 3.8) is 0 Å². The Morgan fingerprint density at radius 3 is 2.43 bits per heavy atom. The molecule has 0 spiro atoms. The van der Waals surface area contributed by atoms with Gasteiger partial charge in [-0.05, 0) is 43.4 Å². The van der Waals surface area contributed by atoms with Crippen LogP contribution in [0.4, 0.5) is 0 Å². The second-order valence-electron chi connectivity index (χ2n) is 7.86. The normalized spacial score (nSPS) is 18.5. The number of amides is 2. The average Bonchev–Trinajstić information content (AvgIpc) is 2.94. The SMILES string of the molecule is CC(=O)Oc1cccc(C(=O)N2CCCN(C(=O)CC3CCCCC3)CC2)c1. The maximum absolute atomic E-state index is 12.9. The summed E-state index contributed by atoms with van der Waals surface area (Å²) in [6.07, 6.45) is 7.55. The summed E-state index contributed by atoms with van der Waals surface area (Å²) in [5.74, 6) is 0.642. The Bertz CT molecular complexity index is 712. The van der Waals surface area contributed by atoms with Gasteiger partial charge in [0.15, 0.2) is 0 Å². The molecule has 2 fully saturated rings. The van der Waals surface area contributed by atoms with Gasteiger partial charge in [0, 0.05) is 45.1 Å². The number of carbonyl (C=O) groups is 3. The van der Waals surface area contributed by atoms with Crippen molar-refractivity contribution in [2.75, 3.05) is 26.2 Å². The first kappa shape index (κ1) is 20.4. The lowest BCUT2D eigenvalue weighted by Crippen LogP contribution is -2.38. The van der Waals surface area contributed by atoms with Crippen molar-refractivity contribution >= 4 is 17.8 Å². The minimum atomic E-state index is -0.411. The first-order valence-electron chi connectivity index (χ1n) is 10.4. The van der Waals surface area contributed by atoms with Gasteiger partial charge in [-0.25, -0.2) is 0 Å². The number of hydrogen-bond acceptors (Lipinski definition) is 4. The number of rotatable bonds is 4. The van der Waals surface area contributed by atoms with E-state index in [-0.39, 0.29) is 11.8 Å². The summed E-state index contributed by atoms with van der Waals surface area (Å²) in [6, 6.07) is 6.70. The number of ether oxygens (including phenoxy) is 1. The smallest absolute Gasteiger partial charge is 0.308 e. The summed E-state index contributed by atoms with van der Waals surface area (Å²) in [5.41, 5.74) is 0.501. The Labute approximate surface area is 166 Å². The van der Waals surface area contributed by atoms with E-state index in [0.717, 1.165) is 6.42 Å². The largest absolute Gasteiger partial charge is 0.427 e. The molecule has 2 amide bonds. The van der Waals surface area contributed by atoms with Crippen molar-refractivity contribution in [3.8, 4) is 5.75 Å². The predicted molar refractivity (Wildman–Crippen MR) is 106 cm³/mol. The molecule has 0 N–H and O–H groups in total. The van der Waals surface area contributed by atoms with Gasteiger partial charge >= 0.3 is 5.97 Å². The van der Waals surface area contributed by atoms with Gasteiger partial charge in [0.25, 0.3) is 5.91 Å². The van der Waals surface area contributed by atoms with Gasteiger partial charge < -0.3 is 14.5 Å². The standard InChI is InChI=1S/C22H30N2O4/c1-17(25)28-20-10-5-9-19(16-20)22(27)24-12-6-11-23(13-14-24)21(26)15-18-7-3-2-4-8-18/h5,9-10,16,18H,2-4,6-8,11-15H2,1H3. The van der Waals surface area contributed by atoms with Crippen LogP contribution in [-0.2, 0) is 9.59 Å². The third-order valence-corrected chi connectivity index (χ3v) is 5.67. The van der Waals surface area contributed by atoms with Crippen LogP contribution in [0.15, 0.2) is 24.3 Å². The van der Waals surface area contributed by atoms with Crippen LogP contribution in [0.1, 0.15) is 62.2 Å². The van der Waals surface area contributed by atoms with Crippen molar-refractivity contribution in [2.45, 2.75) is 51.9 Å². The lowest BCUT2D eigenvalue weighted by atomic mass is 9.86. The van der Waals surface area contributed by atoms with E-state index in [1.807, 2.05) is 4.90 Å². The van der Waals surface area contributed by atoms with Gasteiger partial charge in [-0.1, -0.05) is 25.3 Å². The van der Waals surface area contributed by atoms with Crippen molar-refractivity contribution in [3.05, 3.63) is 29.8 Å². The van der Waals surface area contributed by atoms with E-state index < -0.39 is 5.97 Å². The summed E-state index contributed by atoms with van der Waals surface area (Å²) in [7, 11) is 0. The van der Waals surface area contributed by atoms with Crippen LogP contribution in [0.2, 0.25) is 0 Å². The van der Waals surface area contributed by atoms with E-state index >= 15 is 0 Å². The molecule has 0 atom stereocenters. The van der Waals surface area contributed by atoms with Crippen LogP contribution < -0.4 is 4.74 Å². The molecule has 6 nitrogen and oxygen atoms in total. The number of benzene rings is 1. The topological polar surface area (TPSA) is 66.9 Å². The zero-order valence-electron chi connectivity index (χ0n) is 16.7. The zero-order chi connectivity index (χ0) is 19.9. The second kappa shape index (κ2) is 9.71. The fraction of sp³-hybridized carbons (Fsp3) is 0.591. The fourth-order valence-corrected chi connectivity index (χ4v) is 4.18. The molecule has 0 radical (unpaired) electrons. The average molecular weight is 386 g/mol. The molecular formula is C22H30N2O4. The molecule has 1 heterocycles. The predicted octanol–water partition coefficient (Wildman–Crippen LogP) is 3.26. The molecule has 1 saturated heterocycles. The highest BCUT2D eigenvalue weighted by Crippen LogP contribution is 2.27. The van der Waals surface area contributed by atoms with E-state index in [2.05, 4.69) is 0 Å². The molecule has 28 heavy (non-hydrogen) atoms. The van der Waals surface area contributed by atoms with Crippen LogP contribution in [0.3, 0.4) is 0 Å². The molecule has 6 heteroatoms. The number of carbonyl (C=O) groups excluding carboxylic acids is 3. The van der Waals surface area contributed by atoms with Crippen LogP contribution in [0.25, 0.3) is 0 Å². The molecule has 152 valence electrons. The van der Waals surface area contributed by atoms with Crippen molar-refractivity contribution in [1.29, 1.82) is 0 Å². The lowest BCUT2D eigenvalue weighted by molar-refractivity contribution is -0.133. The minimum Gasteiger partial charge on any atom is -0.427 e. The van der Waals surface area contributed by atoms with Gasteiger partial charge in [0.1, 0.15) is 5.75 Å². The molecule has 0 aromatic heterocycles. The molecule has 2 aliphatic rings. The molecule has 3 rings (SSSR count). The third kappa shape index (κ3) is 5.57. The van der Waals surface area contributed by atoms with Crippen molar-refractivity contribution in [2.24, 2.45) is 5.92 Å². The third-order valence-electron chi connectivity index (χ3n) is 5.67. The molecule has 0 bridgehead atoms. The fourth-order valence-electron chi connectivity index (χ4n) is 4.18. The van der Waals surface area contributed by atoms with E-state index in [9.17, 15) is 14.4 Å². The number of hydrogen-bond donors (Lipinski definition) is 0. The van der Waals surface area contributed by atoms with Crippen LogP contribution in [0.5, 0.6) is 5.75 Å². The van der Waals surface area contributed by atoms with Gasteiger partial charge in [-0.15, -0.1) is 0 Å². The molecule has 1 saturated carbocycles. The maximum Gasteiger partial charge on any atom is 0.308 e. The Hall–Kier alpha value is -2.37. The Morgan fingerprint density at radius 2 is 1.68 bits per heavy atom. The summed E-state index contributed by atoms with van der Waals surface area (Å²) < 4.78 is 5.08. The first-order valence-corrected chi connectivity index (χ1v) is 10.4. The van der Waals surface area contributed by atoms with Crippen molar-refractivity contribution < 1.29 is 19.1 Å². The van der Waals surface area contributed by atoms with Crippen LogP contribution >= 0.6 is 0 Å². The molecule has 1 aromatic rings. The molecule has 1 aromatic carbocycles.